The Balaban J connectivity index is 2.19. The van der Waals surface area contributed by atoms with Crippen LogP contribution in [0.4, 0.5) is 11.6 Å². The van der Waals surface area contributed by atoms with Gasteiger partial charge in [-0.2, -0.15) is 0 Å². The first kappa shape index (κ1) is 16.0. The lowest BCUT2D eigenvalue weighted by Crippen LogP contribution is -2.32. The van der Waals surface area contributed by atoms with Gasteiger partial charge in [0.1, 0.15) is 17.5 Å². The number of nitrogen functional groups attached to an aromatic ring is 1. The van der Waals surface area contributed by atoms with Gasteiger partial charge in [0.05, 0.1) is 0 Å². The minimum Gasteiger partial charge on any atom is -0.381 e. The SMILES string of the molecule is Cc1c(NN)nc(C(C)C)nc1NC(C)C1CCOCC1. The first-order valence-electron chi connectivity index (χ1n) is 7.72. The normalized spacial score (nSPS) is 17.8. The van der Waals surface area contributed by atoms with Gasteiger partial charge in [0.25, 0.3) is 0 Å². The molecule has 0 saturated carbocycles. The van der Waals surface area contributed by atoms with Crippen molar-refractivity contribution in [1.29, 1.82) is 0 Å². The Morgan fingerprint density at radius 2 is 1.76 bits per heavy atom. The monoisotopic (exact) mass is 293 g/mol. The second-order valence-corrected chi connectivity index (χ2v) is 6.09. The molecule has 0 spiro atoms. The first-order chi connectivity index (χ1) is 10.0. The third-order valence-electron chi connectivity index (χ3n) is 4.15. The van der Waals surface area contributed by atoms with Crippen molar-refractivity contribution in [3.8, 4) is 0 Å². The molecule has 4 N–H and O–H groups in total. The number of nitrogens with zero attached hydrogens (tertiary/aromatic N) is 2. The number of hydrogen-bond donors (Lipinski definition) is 3. The Kier molecular flexibility index (Phi) is 5.36. The van der Waals surface area contributed by atoms with Crippen molar-refractivity contribution in [2.24, 2.45) is 11.8 Å². The Bertz CT molecular complexity index is 471. The van der Waals surface area contributed by atoms with E-state index in [9.17, 15) is 0 Å². The van der Waals surface area contributed by atoms with Gasteiger partial charge in [-0.1, -0.05) is 13.8 Å². The van der Waals surface area contributed by atoms with Crippen LogP contribution in [0.2, 0.25) is 0 Å². The Morgan fingerprint density at radius 1 is 1.14 bits per heavy atom. The molecule has 118 valence electrons. The summed E-state index contributed by atoms with van der Waals surface area (Å²) in [6, 6.07) is 0.355. The zero-order chi connectivity index (χ0) is 15.4. The topological polar surface area (TPSA) is 85.1 Å². The lowest BCUT2D eigenvalue weighted by atomic mass is 9.93. The van der Waals surface area contributed by atoms with Crippen molar-refractivity contribution in [1.82, 2.24) is 9.97 Å². The Hall–Kier alpha value is -1.40. The molecule has 0 bridgehead atoms. The van der Waals surface area contributed by atoms with Crippen molar-refractivity contribution in [2.45, 2.75) is 52.5 Å². The van der Waals surface area contributed by atoms with E-state index in [2.05, 4.69) is 41.5 Å². The average molecular weight is 293 g/mol. The van der Waals surface area contributed by atoms with Crippen LogP contribution in [0.5, 0.6) is 0 Å². The smallest absolute Gasteiger partial charge is 0.148 e. The first-order valence-corrected chi connectivity index (χ1v) is 7.72. The van der Waals surface area contributed by atoms with Crippen LogP contribution >= 0.6 is 0 Å². The van der Waals surface area contributed by atoms with E-state index < -0.39 is 0 Å². The van der Waals surface area contributed by atoms with Crippen LogP contribution in [0.3, 0.4) is 0 Å². The lowest BCUT2D eigenvalue weighted by Gasteiger charge is -2.29. The van der Waals surface area contributed by atoms with Crippen molar-refractivity contribution in [3.05, 3.63) is 11.4 Å². The van der Waals surface area contributed by atoms with Gasteiger partial charge in [0.2, 0.25) is 0 Å². The molecule has 1 aromatic heterocycles. The van der Waals surface area contributed by atoms with Gasteiger partial charge in [-0.3, -0.25) is 0 Å². The van der Waals surface area contributed by atoms with Crippen LogP contribution in [-0.4, -0.2) is 29.2 Å². The molecule has 1 aliphatic heterocycles. The van der Waals surface area contributed by atoms with E-state index in [1.165, 1.54) is 0 Å². The summed E-state index contributed by atoms with van der Waals surface area (Å²) >= 11 is 0. The van der Waals surface area contributed by atoms with E-state index in [0.717, 1.165) is 43.3 Å². The second kappa shape index (κ2) is 7.04. The highest BCUT2D eigenvalue weighted by atomic mass is 16.5. The second-order valence-electron chi connectivity index (χ2n) is 6.09. The van der Waals surface area contributed by atoms with Gasteiger partial charge >= 0.3 is 0 Å². The lowest BCUT2D eigenvalue weighted by molar-refractivity contribution is 0.0622. The summed E-state index contributed by atoms with van der Waals surface area (Å²) in [5.41, 5.74) is 3.63. The van der Waals surface area contributed by atoms with Crippen molar-refractivity contribution in [3.63, 3.8) is 0 Å². The van der Waals surface area contributed by atoms with E-state index in [1.54, 1.807) is 0 Å². The quantitative estimate of drug-likeness (QED) is 0.571. The van der Waals surface area contributed by atoms with Crippen LogP contribution in [0.15, 0.2) is 0 Å². The number of ether oxygens (including phenoxy) is 1. The number of rotatable bonds is 5. The van der Waals surface area contributed by atoms with Crippen LogP contribution in [0.25, 0.3) is 0 Å². The van der Waals surface area contributed by atoms with Gasteiger partial charge in [-0.05, 0) is 32.6 Å². The number of aromatic nitrogens is 2. The van der Waals surface area contributed by atoms with Crippen LogP contribution in [0, 0.1) is 12.8 Å². The van der Waals surface area contributed by atoms with Crippen molar-refractivity contribution >= 4 is 11.6 Å². The van der Waals surface area contributed by atoms with Crippen LogP contribution in [-0.2, 0) is 4.74 Å². The highest BCUT2D eigenvalue weighted by Gasteiger charge is 2.22. The fraction of sp³-hybridized carbons (Fsp3) is 0.733. The maximum absolute atomic E-state index is 5.58. The predicted octanol–water partition coefficient (Wildman–Crippen LogP) is 2.42. The van der Waals surface area contributed by atoms with E-state index in [0.29, 0.717) is 17.8 Å². The Morgan fingerprint density at radius 3 is 2.33 bits per heavy atom. The average Bonchev–Trinajstić information content (AvgIpc) is 2.49. The molecular weight excluding hydrogens is 266 g/mol. The summed E-state index contributed by atoms with van der Waals surface area (Å²) in [4.78, 5) is 9.13. The molecule has 0 radical (unpaired) electrons. The molecule has 6 heteroatoms. The summed E-state index contributed by atoms with van der Waals surface area (Å²) in [5, 5.41) is 3.55. The molecular formula is C15H27N5O. The number of anilines is 2. The fourth-order valence-electron chi connectivity index (χ4n) is 2.62. The van der Waals surface area contributed by atoms with Gasteiger partial charge in [0.15, 0.2) is 0 Å². The highest BCUT2D eigenvalue weighted by molar-refractivity contribution is 5.57. The molecule has 1 saturated heterocycles. The zero-order valence-corrected chi connectivity index (χ0v) is 13.4. The van der Waals surface area contributed by atoms with Gasteiger partial charge in [-0.15, -0.1) is 0 Å². The number of hydrazine groups is 1. The third kappa shape index (κ3) is 3.83. The molecule has 0 amide bonds. The summed E-state index contributed by atoms with van der Waals surface area (Å²) in [5.74, 6) is 8.82. The van der Waals surface area contributed by atoms with E-state index in [-0.39, 0.29) is 5.92 Å². The molecule has 1 unspecified atom stereocenters. The molecule has 6 nitrogen and oxygen atoms in total. The molecule has 21 heavy (non-hydrogen) atoms. The van der Waals surface area contributed by atoms with Crippen molar-refractivity contribution in [2.75, 3.05) is 24.0 Å². The number of nitrogens with two attached hydrogens (primary N) is 1. The summed E-state index contributed by atoms with van der Waals surface area (Å²) in [6.07, 6.45) is 2.19. The third-order valence-corrected chi connectivity index (χ3v) is 4.15. The zero-order valence-electron chi connectivity index (χ0n) is 13.4. The van der Waals surface area contributed by atoms with Crippen LogP contribution < -0.4 is 16.6 Å². The summed E-state index contributed by atoms with van der Waals surface area (Å²) in [6.45, 7) is 10.1. The minimum absolute atomic E-state index is 0.261. The van der Waals surface area contributed by atoms with E-state index in [1.807, 2.05) is 6.92 Å². The van der Waals surface area contributed by atoms with Crippen molar-refractivity contribution < 1.29 is 4.74 Å². The molecule has 2 heterocycles. The predicted molar refractivity (Wildman–Crippen MR) is 85.3 cm³/mol. The highest BCUT2D eigenvalue weighted by Crippen LogP contribution is 2.26. The molecule has 1 aliphatic rings. The number of nitrogens with one attached hydrogen (secondary N) is 2. The van der Waals surface area contributed by atoms with E-state index in [4.69, 9.17) is 10.6 Å². The molecule has 1 atom stereocenters. The molecule has 1 aromatic rings. The summed E-state index contributed by atoms with van der Waals surface area (Å²) < 4.78 is 5.43. The minimum atomic E-state index is 0.261. The largest absolute Gasteiger partial charge is 0.381 e. The van der Waals surface area contributed by atoms with Crippen LogP contribution in [0.1, 0.15) is 50.9 Å². The van der Waals surface area contributed by atoms with E-state index >= 15 is 0 Å². The standard InChI is InChI=1S/C15H27N5O/c1-9(2)13-18-14(10(3)15(19-13)20-16)17-11(4)12-5-7-21-8-6-12/h9,11-12H,5-8,16H2,1-4H3,(H2,17,18,19,20). The maximum Gasteiger partial charge on any atom is 0.148 e. The van der Waals surface area contributed by atoms with Gasteiger partial charge < -0.3 is 15.5 Å². The van der Waals surface area contributed by atoms with Gasteiger partial charge in [0, 0.05) is 30.7 Å². The summed E-state index contributed by atoms with van der Waals surface area (Å²) in [7, 11) is 0. The molecule has 0 aromatic carbocycles. The Labute approximate surface area is 126 Å². The molecule has 2 rings (SSSR count). The number of hydrogen-bond acceptors (Lipinski definition) is 6. The molecule has 1 fully saturated rings. The molecule has 0 aliphatic carbocycles. The fourth-order valence-corrected chi connectivity index (χ4v) is 2.62. The van der Waals surface area contributed by atoms with Gasteiger partial charge in [-0.25, -0.2) is 15.8 Å². The maximum atomic E-state index is 5.58.